The van der Waals surface area contributed by atoms with E-state index < -0.39 is 0 Å². The molecule has 0 bridgehead atoms. The Labute approximate surface area is 168 Å². The zero-order valence-corrected chi connectivity index (χ0v) is 17.0. The summed E-state index contributed by atoms with van der Waals surface area (Å²) in [6, 6.07) is 1.89. The first-order valence-corrected chi connectivity index (χ1v) is 11.0. The summed E-state index contributed by atoms with van der Waals surface area (Å²) in [6.07, 6.45) is 9.16. The minimum absolute atomic E-state index is 0.0430. The monoisotopic (exact) mass is 401 g/mol. The molecule has 150 valence electrons. The van der Waals surface area contributed by atoms with Crippen molar-refractivity contribution in [3.8, 4) is 0 Å². The van der Waals surface area contributed by atoms with E-state index in [0.29, 0.717) is 19.4 Å². The molecule has 3 heterocycles. The highest BCUT2D eigenvalue weighted by Crippen LogP contribution is 2.33. The number of aliphatic hydroxyl groups excluding tert-OH is 1. The average Bonchev–Trinajstić information content (AvgIpc) is 3.24. The molecule has 1 aliphatic heterocycles. The lowest BCUT2D eigenvalue weighted by Gasteiger charge is -2.35. The first kappa shape index (κ1) is 19.3. The summed E-state index contributed by atoms with van der Waals surface area (Å²) < 4.78 is 1.72. The molecule has 6 nitrogen and oxygen atoms in total. The van der Waals surface area contributed by atoms with Crippen molar-refractivity contribution < 1.29 is 9.90 Å². The van der Waals surface area contributed by atoms with Crippen LogP contribution in [0.3, 0.4) is 0 Å². The van der Waals surface area contributed by atoms with Crippen molar-refractivity contribution in [2.24, 2.45) is 0 Å². The number of likely N-dealkylation sites (tertiary alicyclic amines) is 1. The van der Waals surface area contributed by atoms with Gasteiger partial charge in [0.05, 0.1) is 12.1 Å². The Kier molecular flexibility index (Phi) is 5.64. The predicted octanol–water partition coefficient (Wildman–Crippen LogP) is 3.46. The molecule has 1 amide bonds. The summed E-state index contributed by atoms with van der Waals surface area (Å²) in [5, 5.41) is 12.6. The van der Waals surface area contributed by atoms with Crippen molar-refractivity contribution in [3.05, 3.63) is 50.3 Å². The number of aryl methyl sites for hydroxylation is 1. The molecule has 0 aromatic carbocycles. The van der Waals surface area contributed by atoms with E-state index in [1.165, 1.54) is 0 Å². The van der Waals surface area contributed by atoms with Crippen LogP contribution < -0.4 is 5.56 Å². The van der Waals surface area contributed by atoms with Crippen LogP contribution in [0.1, 0.15) is 78.0 Å². The molecule has 0 radical (unpaired) electrons. The molecule has 2 aromatic rings. The number of carbonyl (C=O) groups excluding carboxylic acids is 1. The van der Waals surface area contributed by atoms with Crippen LogP contribution in [0.25, 0.3) is 0 Å². The number of piperidine rings is 1. The molecule has 28 heavy (non-hydrogen) atoms. The number of hydrogen-bond acceptors (Lipinski definition) is 5. The fourth-order valence-electron chi connectivity index (χ4n) is 4.50. The summed E-state index contributed by atoms with van der Waals surface area (Å²) in [4.78, 5) is 33.0. The molecule has 1 N–H and O–H groups in total. The molecule has 4 rings (SSSR count). The third-order valence-corrected chi connectivity index (χ3v) is 6.98. The van der Waals surface area contributed by atoms with Crippen LogP contribution in [0.5, 0.6) is 0 Å². The topological polar surface area (TPSA) is 75.4 Å². The maximum Gasteiger partial charge on any atom is 0.263 e. The van der Waals surface area contributed by atoms with E-state index in [2.05, 4.69) is 4.98 Å². The first-order chi connectivity index (χ1) is 13.6. The number of amides is 1. The molecular formula is C21H27N3O3S. The highest BCUT2D eigenvalue weighted by atomic mass is 32.1. The Hall–Kier alpha value is -1.99. The number of aliphatic hydroxyl groups is 1. The van der Waals surface area contributed by atoms with Gasteiger partial charge < -0.3 is 14.6 Å². The van der Waals surface area contributed by atoms with E-state index in [9.17, 15) is 14.7 Å². The Morgan fingerprint density at radius 1 is 1.21 bits per heavy atom. The predicted molar refractivity (Wildman–Crippen MR) is 109 cm³/mol. The van der Waals surface area contributed by atoms with Crippen molar-refractivity contribution in [2.45, 2.75) is 70.1 Å². The highest BCUT2D eigenvalue weighted by Gasteiger charge is 2.33. The second-order valence-corrected chi connectivity index (χ2v) is 8.86. The molecule has 1 saturated carbocycles. The van der Waals surface area contributed by atoms with E-state index in [0.717, 1.165) is 42.7 Å². The summed E-state index contributed by atoms with van der Waals surface area (Å²) in [6.45, 7) is 2.50. The smallest absolute Gasteiger partial charge is 0.263 e. The number of carbonyl (C=O) groups is 1. The van der Waals surface area contributed by atoms with Gasteiger partial charge in [-0.1, -0.05) is 0 Å². The third kappa shape index (κ3) is 3.65. The van der Waals surface area contributed by atoms with Crippen molar-refractivity contribution in [1.29, 1.82) is 0 Å². The minimum atomic E-state index is -0.272. The molecular weight excluding hydrogens is 374 g/mol. The summed E-state index contributed by atoms with van der Waals surface area (Å²) in [5.41, 5.74) is 0.817. The Bertz CT molecular complexity index is 885. The van der Waals surface area contributed by atoms with Gasteiger partial charge in [-0.2, -0.15) is 0 Å². The lowest BCUT2D eigenvalue weighted by atomic mass is 9.92. The largest absolute Gasteiger partial charge is 0.393 e. The summed E-state index contributed by atoms with van der Waals surface area (Å²) in [7, 11) is 0. The van der Waals surface area contributed by atoms with E-state index in [-0.39, 0.29) is 35.2 Å². The van der Waals surface area contributed by atoms with Crippen molar-refractivity contribution in [3.63, 3.8) is 0 Å². The van der Waals surface area contributed by atoms with Crippen LogP contribution in [0.4, 0.5) is 0 Å². The van der Waals surface area contributed by atoms with Gasteiger partial charge in [-0.3, -0.25) is 9.59 Å². The second-order valence-electron chi connectivity index (χ2n) is 7.93. The van der Waals surface area contributed by atoms with Gasteiger partial charge in [-0.25, -0.2) is 4.98 Å². The molecule has 1 aliphatic carbocycles. The lowest BCUT2D eigenvalue weighted by Crippen LogP contribution is -2.42. The Balaban J connectivity index is 1.67. The average molecular weight is 402 g/mol. The number of nitrogens with zero attached hydrogens (tertiary/aromatic N) is 3. The lowest BCUT2D eigenvalue weighted by molar-refractivity contribution is 0.0606. The minimum Gasteiger partial charge on any atom is -0.393 e. The standard InChI is InChI=1S/C21H27N3O3S/c1-14-9-12-23(15-5-7-16(25)8-6-15)20(26)18(14)21(27)24-11-3-2-4-17(24)19-22-10-13-28-19/h9-10,12-13,15-17,25H,2-8,11H2,1H3. The number of aromatic nitrogens is 2. The normalized spacial score (nSPS) is 25.6. The van der Waals surface area contributed by atoms with Crippen LogP contribution in [-0.4, -0.2) is 38.1 Å². The SMILES string of the molecule is Cc1ccn(C2CCC(O)CC2)c(=O)c1C(=O)N1CCCCC1c1nccs1. The fraction of sp³-hybridized carbons (Fsp3) is 0.571. The van der Waals surface area contributed by atoms with Crippen LogP contribution in [0.2, 0.25) is 0 Å². The molecule has 7 heteroatoms. The molecule has 2 fully saturated rings. The van der Waals surface area contributed by atoms with Crippen LogP contribution in [0, 0.1) is 6.92 Å². The molecule has 0 spiro atoms. The van der Waals surface area contributed by atoms with Gasteiger partial charge in [0.25, 0.3) is 11.5 Å². The van der Waals surface area contributed by atoms with Crippen molar-refractivity contribution in [2.75, 3.05) is 6.54 Å². The van der Waals surface area contributed by atoms with Gasteiger partial charge in [-0.05, 0) is 63.5 Å². The molecule has 2 aromatic heterocycles. The third-order valence-electron chi connectivity index (χ3n) is 6.10. The van der Waals surface area contributed by atoms with E-state index in [1.54, 1.807) is 22.1 Å². The van der Waals surface area contributed by atoms with Gasteiger partial charge in [0.2, 0.25) is 0 Å². The number of pyridine rings is 1. The number of thiazole rings is 1. The van der Waals surface area contributed by atoms with E-state index >= 15 is 0 Å². The van der Waals surface area contributed by atoms with Crippen LogP contribution >= 0.6 is 11.3 Å². The molecule has 2 aliphatic rings. The van der Waals surface area contributed by atoms with E-state index in [1.807, 2.05) is 29.5 Å². The Morgan fingerprint density at radius 3 is 2.71 bits per heavy atom. The highest BCUT2D eigenvalue weighted by molar-refractivity contribution is 7.09. The maximum absolute atomic E-state index is 13.5. The van der Waals surface area contributed by atoms with Gasteiger partial charge in [-0.15, -0.1) is 11.3 Å². The van der Waals surface area contributed by atoms with E-state index in [4.69, 9.17) is 0 Å². The van der Waals surface area contributed by atoms with Crippen molar-refractivity contribution >= 4 is 17.2 Å². The van der Waals surface area contributed by atoms with Gasteiger partial charge in [0.1, 0.15) is 10.6 Å². The zero-order chi connectivity index (χ0) is 19.7. The second kappa shape index (κ2) is 8.17. The maximum atomic E-state index is 13.5. The molecule has 1 unspecified atom stereocenters. The van der Waals surface area contributed by atoms with Gasteiger partial charge in [0.15, 0.2) is 0 Å². The number of rotatable bonds is 3. The van der Waals surface area contributed by atoms with Gasteiger partial charge >= 0.3 is 0 Å². The van der Waals surface area contributed by atoms with Gasteiger partial charge in [0, 0.05) is 30.4 Å². The summed E-state index contributed by atoms with van der Waals surface area (Å²) >= 11 is 1.57. The first-order valence-electron chi connectivity index (χ1n) is 10.2. The zero-order valence-electron chi connectivity index (χ0n) is 16.2. The molecule has 1 saturated heterocycles. The Morgan fingerprint density at radius 2 is 2.00 bits per heavy atom. The fourth-order valence-corrected chi connectivity index (χ4v) is 5.28. The van der Waals surface area contributed by atoms with Crippen LogP contribution in [-0.2, 0) is 0 Å². The summed E-state index contributed by atoms with van der Waals surface area (Å²) in [5.74, 6) is -0.174. The number of hydrogen-bond donors (Lipinski definition) is 1. The quantitative estimate of drug-likeness (QED) is 0.855. The molecule has 1 atom stereocenters. The van der Waals surface area contributed by atoms with Crippen LogP contribution in [0.15, 0.2) is 28.6 Å². The van der Waals surface area contributed by atoms with Crippen molar-refractivity contribution in [1.82, 2.24) is 14.5 Å².